The Kier molecular flexibility index (Phi) is 5.99. The van der Waals surface area contributed by atoms with Gasteiger partial charge in [0.05, 0.1) is 31.8 Å². The molecule has 6 heteroatoms. The van der Waals surface area contributed by atoms with E-state index < -0.39 is 0 Å². The highest BCUT2D eigenvalue weighted by molar-refractivity contribution is 5.97. The first-order valence-electron chi connectivity index (χ1n) is 9.19. The van der Waals surface area contributed by atoms with Crippen LogP contribution in [0.4, 0.5) is 0 Å². The first kappa shape index (κ1) is 19.5. The number of rotatable bonds is 7. The minimum absolute atomic E-state index is 0.159. The number of amides is 1. The maximum absolute atomic E-state index is 13.1. The summed E-state index contributed by atoms with van der Waals surface area (Å²) in [6.45, 7) is 2.76. The summed E-state index contributed by atoms with van der Waals surface area (Å²) < 4.78 is 10.5. The molecule has 0 aliphatic carbocycles. The fourth-order valence-electron chi connectivity index (χ4n) is 3.19. The molecule has 3 rings (SSSR count). The second-order valence-electron chi connectivity index (χ2n) is 6.50. The van der Waals surface area contributed by atoms with E-state index in [1.807, 2.05) is 31.2 Å². The molecule has 0 saturated heterocycles. The van der Waals surface area contributed by atoms with Crippen LogP contribution in [0.2, 0.25) is 0 Å². The first-order chi connectivity index (χ1) is 13.6. The Morgan fingerprint density at radius 2 is 1.86 bits per heavy atom. The predicted octanol–water partition coefficient (Wildman–Crippen LogP) is 3.60. The standard InChI is InChI=1S/C22H24N2O4/c1-4-11-24(22(26)18-7-5-6-8-20(18)28-3)14-16-12-15-9-10-17(27-2)13-19(15)23-21(16)25/h5-10,12-13H,4,11,14H2,1-3H3,(H,23,25). The number of pyridine rings is 1. The van der Waals surface area contributed by atoms with Crippen molar-refractivity contribution < 1.29 is 14.3 Å². The number of hydrogen-bond donors (Lipinski definition) is 1. The molecule has 0 unspecified atom stereocenters. The van der Waals surface area contributed by atoms with Gasteiger partial charge in [-0.15, -0.1) is 0 Å². The number of carbonyl (C=O) groups is 1. The molecule has 1 aromatic heterocycles. The number of nitrogens with one attached hydrogen (secondary N) is 1. The van der Waals surface area contributed by atoms with E-state index in [0.717, 1.165) is 11.8 Å². The molecule has 1 N–H and O–H groups in total. The van der Waals surface area contributed by atoms with Gasteiger partial charge in [-0.25, -0.2) is 0 Å². The number of carbonyl (C=O) groups excluding carboxylic acids is 1. The Labute approximate surface area is 163 Å². The molecule has 0 aliphatic heterocycles. The van der Waals surface area contributed by atoms with Gasteiger partial charge in [0.25, 0.3) is 11.5 Å². The molecule has 0 aliphatic rings. The zero-order valence-corrected chi connectivity index (χ0v) is 16.3. The lowest BCUT2D eigenvalue weighted by Crippen LogP contribution is -2.33. The van der Waals surface area contributed by atoms with Crippen LogP contribution in [0.15, 0.2) is 53.3 Å². The lowest BCUT2D eigenvalue weighted by atomic mass is 10.1. The first-order valence-corrected chi connectivity index (χ1v) is 9.19. The number of ether oxygens (including phenoxy) is 2. The van der Waals surface area contributed by atoms with E-state index in [9.17, 15) is 9.59 Å². The Bertz CT molecular complexity index is 1040. The number of fused-ring (bicyclic) bond motifs is 1. The van der Waals surface area contributed by atoms with E-state index in [2.05, 4.69) is 4.98 Å². The van der Waals surface area contributed by atoms with Crippen LogP contribution in [0.25, 0.3) is 10.9 Å². The number of aromatic amines is 1. The van der Waals surface area contributed by atoms with Gasteiger partial charge in [-0.3, -0.25) is 9.59 Å². The average Bonchev–Trinajstić information content (AvgIpc) is 2.72. The monoisotopic (exact) mass is 380 g/mol. The van der Waals surface area contributed by atoms with Crippen molar-refractivity contribution >= 4 is 16.8 Å². The molecule has 0 spiro atoms. The third kappa shape index (κ3) is 4.01. The molecule has 0 radical (unpaired) electrons. The molecule has 3 aromatic rings. The molecule has 2 aromatic carbocycles. The third-order valence-electron chi connectivity index (χ3n) is 4.61. The molecule has 0 atom stereocenters. The van der Waals surface area contributed by atoms with Gasteiger partial charge in [0, 0.05) is 18.2 Å². The largest absolute Gasteiger partial charge is 0.497 e. The molecule has 146 valence electrons. The molecule has 28 heavy (non-hydrogen) atoms. The van der Waals surface area contributed by atoms with Crippen molar-refractivity contribution in [3.05, 3.63) is 70.0 Å². The van der Waals surface area contributed by atoms with Crippen LogP contribution in [0.3, 0.4) is 0 Å². The SMILES string of the molecule is CCCN(Cc1cc2ccc(OC)cc2[nH]c1=O)C(=O)c1ccccc1OC. The van der Waals surface area contributed by atoms with E-state index in [0.29, 0.717) is 34.7 Å². The average molecular weight is 380 g/mol. The van der Waals surface area contributed by atoms with Crippen molar-refractivity contribution in [1.29, 1.82) is 0 Å². The summed E-state index contributed by atoms with van der Waals surface area (Å²) in [5, 5.41) is 0.886. The highest BCUT2D eigenvalue weighted by Crippen LogP contribution is 2.22. The van der Waals surface area contributed by atoms with Gasteiger partial charge in [0.2, 0.25) is 0 Å². The second kappa shape index (κ2) is 8.61. The van der Waals surface area contributed by atoms with Gasteiger partial charge >= 0.3 is 0 Å². The number of H-pyrrole nitrogens is 1. The van der Waals surface area contributed by atoms with Gasteiger partial charge in [0.1, 0.15) is 11.5 Å². The fraction of sp³-hybridized carbons (Fsp3) is 0.273. The Morgan fingerprint density at radius 1 is 1.07 bits per heavy atom. The number of hydrogen-bond acceptors (Lipinski definition) is 4. The topological polar surface area (TPSA) is 71.6 Å². The van der Waals surface area contributed by atoms with Crippen molar-refractivity contribution in [2.24, 2.45) is 0 Å². The molecule has 0 saturated carbocycles. The van der Waals surface area contributed by atoms with E-state index in [4.69, 9.17) is 9.47 Å². The van der Waals surface area contributed by atoms with Crippen molar-refractivity contribution in [2.45, 2.75) is 19.9 Å². The lowest BCUT2D eigenvalue weighted by molar-refractivity contribution is 0.0739. The van der Waals surface area contributed by atoms with E-state index in [-0.39, 0.29) is 18.0 Å². The summed E-state index contributed by atoms with van der Waals surface area (Å²) >= 11 is 0. The summed E-state index contributed by atoms with van der Waals surface area (Å²) in [7, 11) is 3.12. The fourth-order valence-corrected chi connectivity index (χ4v) is 3.19. The van der Waals surface area contributed by atoms with Crippen LogP contribution in [-0.2, 0) is 6.54 Å². The third-order valence-corrected chi connectivity index (χ3v) is 4.61. The maximum atomic E-state index is 13.1. The molecule has 0 fully saturated rings. The molecule has 1 heterocycles. The van der Waals surface area contributed by atoms with Crippen molar-refractivity contribution in [3.63, 3.8) is 0 Å². The molecule has 0 bridgehead atoms. The summed E-state index contributed by atoms with van der Waals surface area (Å²) in [5.74, 6) is 1.04. The van der Waals surface area contributed by atoms with Gasteiger partial charge in [0.15, 0.2) is 0 Å². The summed E-state index contributed by atoms with van der Waals surface area (Å²) in [6.07, 6.45) is 0.781. The van der Waals surface area contributed by atoms with E-state index in [1.165, 1.54) is 0 Å². The number of para-hydroxylation sites is 1. The number of aromatic nitrogens is 1. The zero-order valence-electron chi connectivity index (χ0n) is 16.3. The van der Waals surface area contributed by atoms with Crippen molar-refractivity contribution in [3.8, 4) is 11.5 Å². The van der Waals surface area contributed by atoms with Crippen LogP contribution in [-0.4, -0.2) is 36.6 Å². The van der Waals surface area contributed by atoms with Crippen LogP contribution in [0.5, 0.6) is 11.5 Å². The van der Waals surface area contributed by atoms with Crippen LogP contribution in [0.1, 0.15) is 29.3 Å². The van der Waals surface area contributed by atoms with Crippen LogP contribution < -0.4 is 15.0 Å². The lowest BCUT2D eigenvalue weighted by Gasteiger charge is -2.23. The number of nitrogens with zero attached hydrogens (tertiary/aromatic N) is 1. The maximum Gasteiger partial charge on any atom is 0.257 e. The smallest absolute Gasteiger partial charge is 0.257 e. The number of methoxy groups -OCH3 is 2. The Morgan fingerprint density at radius 3 is 2.57 bits per heavy atom. The Hall–Kier alpha value is -3.28. The van der Waals surface area contributed by atoms with Gasteiger partial charge < -0.3 is 19.4 Å². The van der Waals surface area contributed by atoms with Crippen molar-refractivity contribution in [1.82, 2.24) is 9.88 Å². The second-order valence-corrected chi connectivity index (χ2v) is 6.50. The van der Waals surface area contributed by atoms with E-state index in [1.54, 1.807) is 43.4 Å². The zero-order chi connectivity index (χ0) is 20.1. The van der Waals surface area contributed by atoms with Crippen LogP contribution in [0, 0.1) is 0 Å². The number of benzene rings is 2. The van der Waals surface area contributed by atoms with Gasteiger partial charge in [-0.1, -0.05) is 19.1 Å². The molecular formula is C22H24N2O4. The quantitative estimate of drug-likeness (QED) is 0.680. The Balaban J connectivity index is 1.95. The van der Waals surface area contributed by atoms with Gasteiger partial charge in [-0.2, -0.15) is 0 Å². The molecule has 6 nitrogen and oxygen atoms in total. The summed E-state index contributed by atoms with van der Waals surface area (Å²) in [4.78, 5) is 30.3. The summed E-state index contributed by atoms with van der Waals surface area (Å²) in [6, 6.07) is 14.5. The minimum Gasteiger partial charge on any atom is -0.497 e. The predicted molar refractivity (Wildman–Crippen MR) is 109 cm³/mol. The summed E-state index contributed by atoms with van der Waals surface area (Å²) in [5.41, 5.74) is 1.51. The normalized spacial score (nSPS) is 10.7. The van der Waals surface area contributed by atoms with Crippen molar-refractivity contribution in [2.75, 3.05) is 20.8 Å². The van der Waals surface area contributed by atoms with E-state index >= 15 is 0 Å². The minimum atomic E-state index is -0.213. The highest BCUT2D eigenvalue weighted by Gasteiger charge is 2.20. The van der Waals surface area contributed by atoms with Gasteiger partial charge in [-0.05, 0) is 42.1 Å². The highest BCUT2D eigenvalue weighted by atomic mass is 16.5. The molecule has 1 amide bonds. The van der Waals surface area contributed by atoms with Crippen LogP contribution >= 0.6 is 0 Å². The molecular weight excluding hydrogens is 356 g/mol.